The molecule has 0 fully saturated rings. The molecule has 6 heteroatoms. The van der Waals surface area contributed by atoms with E-state index >= 15 is 0 Å². The van der Waals surface area contributed by atoms with Crippen LogP contribution >= 0.6 is 0 Å². The number of allylic oxidation sites excluding steroid dienone is 4. The average Bonchev–Trinajstić information content (AvgIpc) is 2.90. The molecule has 6 nitrogen and oxygen atoms in total. The quantitative estimate of drug-likeness (QED) is 0.321. The number of nitrogens with one attached hydrogen (secondary N) is 2. The highest BCUT2D eigenvalue weighted by Crippen LogP contribution is 2.25. The largest absolute Gasteiger partial charge is 0.402 e. The lowest BCUT2D eigenvalue weighted by molar-refractivity contribution is 1.04. The third kappa shape index (κ3) is 5.29. The Bertz CT molecular complexity index is 1200. The number of hydrogen-bond donors (Lipinski definition) is 4. The van der Waals surface area contributed by atoms with Gasteiger partial charge in [-0.1, -0.05) is 44.2 Å². The minimum absolute atomic E-state index is 0.333. The Morgan fingerprint density at radius 3 is 1.44 bits per heavy atom. The zero-order chi connectivity index (χ0) is 24.8. The number of benzene rings is 1. The van der Waals surface area contributed by atoms with Gasteiger partial charge in [0.2, 0.25) is 0 Å². The molecule has 34 heavy (non-hydrogen) atoms. The highest BCUT2D eigenvalue weighted by molar-refractivity contribution is 6.10. The Morgan fingerprint density at radius 2 is 1.06 bits per heavy atom. The molecule has 0 radical (unpaired) electrons. The normalized spacial score (nSPS) is 12.6. The first-order valence-electron chi connectivity index (χ1n) is 11.4. The summed E-state index contributed by atoms with van der Waals surface area (Å²) in [4.78, 5) is 9.45. The maximum Gasteiger partial charge on any atom is 0.0889 e. The van der Waals surface area contributed by atoms with Crippen LogP contribution in [0.25, 0.3) is 22.5 Å². The van der Waals surface area contributed by atoms with E-state index in [-0.39, 0.29) is 0 Å². The van der Waals surface area contributed by atoms with Crippen molar-refractivity contribution in [2.24, 2.45) is 11.5 Å². The van der Waals surface area contributed by atoms with Crippen molar-refractivity contribution >= 4 is 11.4 Å². The van der Waals surface area contributed by atoms with Crippen LogP contribution in [0.1, 0.15) is 51.9 Å². The van der Waals surface area contributed by atoms with Gasteiger partial charge in [-0.2, -0.15) is 0 Å². The number of pyridine rings is 2. The molecule has 3 aromatic rings. The van der Waals surface area contributed by atoms with Crippen LogP contribution in [0.3, 0.4) is 0 Å². The summed E-state index contributed by atoms with van der Waals surface area (Å²) in [5.74, 6) is 0. The van der Waals surface area contributed by atoms with E-state index in [0.29, 0.717) is 47.0 Å². The smallest absolute Gasteiger partial charge is 0.0889 e. The fourth-order valence-corrected chi connectivity index (χ4v) is 3.54. The first-order chi connectivity index (χ1) is 16.3. The van der Waals surface area contributed by atoms with Crippen LogP contribution in [0, 0.1) is 10.8 Å². The maximum absolute atomic E-state index is 8.50. The molecule has 2 heterocycles. The van der Waals surface area contributed by atoms with Crippen molar-refractivity contribution in [3.8, 4) is 22.5 Å². The zero-order valence-electron chi connectivity index (χ0n) is 20.2. The predicted molar refractivity (Wildman–Crippen MR) is 141 cm³/mol. The lowest BCUT2D eigenvalue weighted by Crippen LogP contribution is -2.10. The van der Waals surface area contributed by atoms with E-state index < -0.39 is 0 Å². The number of hydrogen-bond acceptors (Lipinski definition) is 6. The maximum atomic E-state index is 8.50. The summed E-state index contributed by atoms with van der Waals surface area (Å²) in [6.45, 7) is 7.67. The topological polar surface area (TPSA) is 126 Å². The van der Waals surface area contributed by atoms with E-state index in [1.165, 1.54) is 0 Å². The molecular weight excluding hydrogens is 420 g/mol. The SMILES string of the molecule is CCC(N)=C(C)C(=N)c1cccc(-c2cccc(-c3cccc(C(=N)C(C)=C(N)CC)n3)c2)n1. The molecule has 0 bridgehead atoms. The van der Waals surface area contributed by atoms with Gasteiger partial charge in [-0.3, -0.25) is 10.8 Å². The second kappa shape index (κ2) is 10.7. The van der Waals surface area contributed by atoms with E-state index in [9.17, 15) is 0 Å². The van der Waals surface area contributed by atoms with Crippen LogP contribution in [0.2, 0.25) is 0 Å². The molecule has 0 aliphatic carbocycles. The van der Waals surface area contributed by atoms with Crippen LogP contribution < -0.4 is 11.5 Å². The minimum atomic E-state index is 0.333. The summed E-state index contributed by atoms with van der Waals surface area (Å²) < 4.78 is 0. The molecule has 6 N–H and O–H groups in total. The van der Waals surface area contributed by atoms with Gasteiger partial charge in [0.15, 0.2) is 0 Å². The molecular formula is C28H32N6. The third-order valence-electron chi connectivity index (χ3n) is 5.94. The summed E-state index contributed by atoms with van der Waals surface area (Å²) in [5, 5.41) is 17.0. The minimum Gasteiger partial charge on any atom is -0.402 e. The molecule has 0 aliphatic rings. The van der Waals surface area contributed by atoms with Gasteiger partial charge in [-0.25, -0.2) is 9.97 Å². The molecule has 0 aliphatic heterocycles. The van der Waals surface area contributed by atoms with Gasteiger partial charge < -0.3 is 11.5 Å². The predicted octanol–water partition coefficient (Wildman–Crippen LogP) is 5.83. The molecule has 2 aromatic heterocycles. The molecule has 0 unspecified atom stereocenters. The second-order valence-corrected chi connectivity index (χ2v) is 8.15. The van der Waals surface area contributed by atoms with Crippen LogP contribution in [0.4, 0.5) is 0 Å². The van der Waals surface area contributed by atoms with Crippen molar-refractivity contribution in [2.45, 2.75) is 40.5 Å². The van der Waals surface area contributed by atoms with Gasteiger partial charge in [0.25, 0.3) is 0 Å². The van der Waals surface area contributed by atoms with Gasteiger partial charge in [-0.15, -0.1) is 0 Å². The molecule has 0 amide bonds. The number of nitrogens with zero attached hydrogens (tertiary/aromatic N) is 2. The molecule has 0 atom stereocenters. The van der Waals surface area contributed by atoms with Crippen LogP contribution in [0.15, 0.2) is 83.2 Å². The molecule has 0 saturated heterocycles. The Labute approximate surface area is 201 Å². The standard InChI is InChI=1S/C28H32N6/c1-5-21(29)17(3)27(31)25-14-8-12-23(33-25)19-10-7-11-20(16-19)24-13-9-15-26(34-24)28(32)18(4)22(30)6-2/h7-16,31-32H,5-6,29-30H2,1-4H3. The van der Waals surface area contributed by atoms with E-state index in [2.05, 4.69) is 0 Å². The van der Waals surface area contributed by atoms with E-state index in [0.717, 1.165) is 33.7 Å². The van der Waals surface area contributed by atoms with E-state index in [1.54, 1.807) is 0 Å². The first-order valence-corrected chi connectivity index (χ1v) is 11.4. The lowest BCUT2D eigenvalue weighted by Gasteiger charge is -2.11. The summed E-state index contributed by atoms with van der Waals surface area (Å²) in [7, 11) is 0. The van der Waals surface area contributed by atoms with Gasteiger partial charge in [0.1, 0.15) is 0 Å². The van der Waals surface area contributed by atoms with Gasteiger partial charge in [0, 0.05) is 22.5 Å². The Kier molecular flexibility index (Phi) is 7.74. The van der Waals surface area contributed by atoms with Crippen molar-refractivity contribution < 1.29 is 0 Å². The molecule has 1 aromatic carbocycles. The van der Waals surface area contributed by atoms with Gasteiger partial charge >= 0.3 is 0 Å². The Hall–Kier alpha value is -4.06. The zero-order valence-corrected chi connectivity index (χ0v) is 20.2. The monoisotopic (exact) mass is 452 g/mol. The summed E-state index contributed by atoms with van der Waals surface area (Å²) in [5.41, 5.74) is 20.2. The molecule has 0 spiro atoms. The van der Waals surface area contributed by atoms with Crippen molar-refractivity contribution in [2.75, 3.05) is 0 Å². The van der Waals surface area contributed by atoms with Crippen LogP contribution in [-0.4, -0.2) is 21.4 Å². The van der Waals surface area contributed by atoms with Crippen molar-refractivity contribution in [3.05, 3.63) is 94.6 Å². The second-order valence-electron chi connectivity index (χ2n) is 8.15. The fraction of sp³-hybridized carbons (Fsp3) is 0.214. The number of aromatic nitrogens is 2. The van der Waals surface area contributed by atoms with Crippen LogP contribution in [-0.2, 0) is 0 Å². The Morgan fingerprint density at radius 1 is 0.676 bits per heavy atom. The van der Waals surface area contributed by atoms with E-state index in [1.807, 2.05) is 88.4 Å². The van der Waals surface area contributed by atoms with Gasteiger partial charge in [-0.05, 0) is 68.2 Å². The molecule has 3 rings (SSSR count). The van der Waals surface area contributed by atoms with Crippen molar-refractivity contribution in [1.29, 1.82) is 10.8 Å². The number of nitrogens with two attached hydrogens (primary N) is 2. The fourth-order valence-electron chi connectivity index (χ4n) is 3.54. The highest BCUT2D eigenvalue weighted by Gasteiger charge is 2.12. The third-order valence-corrected chi connectivity index (χ3v) is 5.94. The van der Waals surface area contributed by atoms with Crippen molar-refractivity contribution in [1.82, 2.24) is 9.97 Å². The van der Waals surface area contributed by atoms with E-state index in [4.69, 9.17) is 32.3 Å². The van der Waals surface area contributed by atoms with Crippen LogP contribution in [0.5, 0.6) is 0 Å². The lowest BCUT2D eigenvalue weighted by atomic mass is 10.0. The molecule has 174 valence electrons. The molecule has 0 saturated carbocycles. The average molecular weight is 453 g/mol. The van der Waals surface area contributed by atoms with Crippen molar-refractivity contribution in [3.63, 3.8) is 0 Å². The first kappa shape index (κ1) is 24.6. The summed E-state index contributed by atoms with van der Waals surface area (Å²) in [6, 6.07) is 19.3. The van der Waals surface area contributed by atoms with Gasteiger partial charge in [0.05, 0.1) is 34.2 Å². The summed E-state index contributed by atoms with van der Waals surface area (Å²) in [6.07, 6.45) is 1.39. The Balaban J connectivity index is 1.97. The summed E-state index contributed by atoms with van der Waals surface area (Å²) >= 11 is 0. The number of rotatable bonds is 8. The highest BCUT2D eigenvalue weighted by atomic mass is 14.8.